The highest BCUT2D eigenvalue weighted by atomic mass is 35.5. The second-order valence-corrected chi connectivity index (χ2v) is 12.4. The monoisotopic (exact) mass is 564 g/mol. The predicted molar refractivity (Wildman–Crippen MR) is 145 cm³/mol. The number of anilines is 1. The Morgan fingerprint density at radius 1 is 1.16 bits per heavy atom. The third-order valence-electron chi connectivity index (χ3n) is 6.39. The van der Waals surface area contributed by atoms with Crippen molar-refractivity contribution in [2.75, 3.05) is 11.1 Å². The van der Waals surface area contributed by atoms with Gasteiger partial charge in [0.05, 0.1) is 18.2 Å². The summed E-state index contributed by atoms with van der Waals surface area (Å²) in [6.45, 7) is 0. The maximum atomic E-state index is 13.2. The van der Waals surface area contributed by atoms with Crippen molar-refractivity contribution < 1.29 is 23.2 Å². The van der Waals surface area contributed by atoms with Crippen LogP contribution in [0.25, 0.3) is 10.4 Å². The van der Waals surface area contributed by atoms with Crippen LogP contribution >= 0.6 is 23.7 Å². The van der Waals surface area contributed by atoms with Gasteiger partial charge in [-0.3, -0.25) is 19.8 Å². The standard InChI is InChI=1S/C25H28N4O5S2.ClH/c26-20(13-17-5-4-11-27-16-17)24(31)28-19-7-3-6-18(14-19)21-8-9-22(35-21)25(15-23(30)29-32)10-1-2-12-36(25,33)34;/h3-9,11,14,16,20,32H,1-2,10,12-13,15,26H2,(H,28,31)(H,29,30);1H/t20-,25-;/m0./s1. The van der Waals surface area contributed by atoms with E-state index >= 15 is 0 Å². The van der Waals surface area contributed by atoms with E-state index in [4.69, 9.17) is 10.9 Å². The number of hydrogen-bond donors (Lipinski definition) is 4. The quantitative estimate of drug-likeness (QED) is 0.241. The molecule has 0 saturated carbocycles. The van der Waals surface area contributed by atoms with Crippen LogP contribution in [0.4, 0.5) is 5.69 Å². The van der Waals surface area contributed by atoms with Crippen LogP contribution in [0.2, 0.25) is 0 Å². The van der Waals surface area contributed by atoms with E-state index in [2.05, 4.69) is 10.3 Å². The number of hydroxylamine groups is 1. The lowest BCUT2D eigenvalue weighted by atomic mass is 9.94. The number of hydrogen-bond acceptors (Lipinski definition) is 8. The smallest absolute Gasteiger partial charge is 0.245 e. The summed E-state index contributed by atoms with van der Waals surface area (Å²) in [6.07, 6.45) is 4.88. The average molecular weight is 565 g/mol. The van der Waals surface area contributed by atoms with Gasteiger partial charge in [0.15, 0.2) is 9.84 Å². The molecule has 3 aromatic rings. The van der Waals surface area contributed by atoms with Crippen molar-refractivity contribution in [3.63, 3.8) is 0 Å². The molecule has 5 N–H and O–H groups in total. The first kappa shape index (κ1) is 28.7. The van der Waals surface area contributed by atoms with Crippen LogP contribution in [0.5, 0.6) is 0 Å². The normalized spacial score (nSPS) is 19.3. The minimum Gasteiger partial charge on any atom is -0.325 e. The van der Waals surface area contributed by atoms with E-state index < -0.39 is 26.5 Å². The van der Waals surface area contributed by atoms with Crippen molar-refractivity contribution in [1.29, 1.82) is 0 Å². The van der Waals surface area contributed by atoms with Gasteiger partial charge < -0.3 is 11.1 Å². The second-order valence-electron chi connectivity index (χ2n) is 8.89. The highest BCUT2D eigenvalue weighted by molar-refractivity contribution is 7.92. The Labute approximate surface area is 225 Å². The van der Waals surface area contributed by atoms with Crippen molar-refractivity contribution in [3.05, 3.63) is 71.4 Å². The summed E-state index contributed by atoms with van der Waals surface area (Å²) in [4.78, 5) is 30.1. The molecule has 1 aliphatic rings. The van der Waals surface area contributed by atoms with Crippen LogP contribution in [0.15, 0.2) is 60.9 Å². The largest absolute Gasteiger partial charge is 0.325 e. The van der Waals surface area contributed by atoms with Gasteiger partial charge >= 0.3 is 0 Å². The molecule has 0 spiro atoms. The molecule has 0 radical (unpaired) electrons. The lowest BCUT2D eigenvalue weighted by Crippen LogP contribution is -2.43. The molecule has 2 atom stereocenters. The number of halogens is 1. The molecule has 198 valence electrons. The van der Waals surface area contributed by atoms with E-state index in [1.54, 1.807) is 48.2 Å². The van der Waals surface area contributed by atoms with E-state index in [0.29, 0.717) is 36.2 Å². The molecule has 2 aromatic heterocycles. The number of aromatic nitrogens is 1. The van der Waals surface area contributed by atoms with Crippen molar-refractivity contribution >= 4 is 51.1 Å². The number of amides is 2. The van der Waals surface area contributed by atoms with E-state index in [1.165, 1.54) is 11.3 Å². The molecule has 0 aliphatic carbocycles. The van der Waals surface area contributed by atoms with E-state index in [-0.39, 0.29) is 30.5 Å². The average Bonchev–Trinajstić information content (AvgIpc) is 3.37. The fourth-order valence-corrected chi connectivity index (χ4v) is 8.28. The number of nitrogens with two attached hydrogens (primary N) is 1. The third kappa shape index (κ3) is 6.36. The van der Waals surface area contributed by atoms with Gasteiger partial charge in [-0.15, -0.1) is 23.7 Å². The Morgan fingerprint density at radius 3 is 2.68 bits per heavy atom. The fraction of sp³-hybridized carbons (Fsp3) is 0.320. The van der Waals surface area contributed by atoms with Gasteiger partial charge in [-0.25, -0.2) is 13.9 Å². The molecule has 9 nitrogen and oxygen atoms in total. The number of nitrogens with zero attached hydrogens (tertiary/aromatic N) is 1. The summed E-state index contributed by atoms with van der Waals surface area (Å²) in [6, 6.07) is 13.7. The molecule has 12 heteroatoms. The first-order valence-electron chi connectivity index (χ1n) is 11.6. The zero-order valence-corrected chi connectivity index (χ0v) is 22.4. The summed E-state index contributed by atoms with van der Waals surface area (Å²) in [5, 5.41) is 11.9. The molecule has 37 heavy (non-hydrogen) atoms. The van der Waals surface area contributed by atoms with Crippen LogP contribution in [0, 0.1) is 0 Å². The van der Waals surface area contributed by atoms with Crippen molar-refractivity contribution in [1.82, 2.24) is 10.5 Å². The third-order valence-corrected chi connectivity index (χ3v) is 10.4. The van der Waals surface area contributed by atoms with Gasteiger partial charge in [-0.1, -0.05) is 24.6 Å². The number of rotatable bonds is 8. The molecule has 0 unspecified atom stereocenters. The van der Waals surface area contributed by atoms with Crippen LogP contribution in [0.1, 0.15) is 36.1 Å². The lowest BCUT2D eigenvalue weighted by Gasteiger charge is -2.35. The number of nitrogens with one attached hydrogen (secondary N) is 2. The zero-order chi connectivity index (χ0) is 25.8. The van der Waals surface area contributed by atoms with Crippen molar-refractivity contribution in [2.24, 2.45) is 5.73 Å². The van der Waals surface area contributed by atoms with E-state index in [9.17, 15) is 18.0 Å². The highest BCUT2D eigenvalue weighted by Gasteiger charge is 2.49. The van der Waals surface area contributed by atoms with Gasteiger partial charge in [-0.2, -0.15) is 0 Å². The van der Waals surface area contributed by atoms with Crippen LogP contribution in [0.3, 0.4) is 0 Å². The molecule has 4 rings (SSSR count). The Kier molecular flexibility index (Phi) is 9.43. The fourth-order valence-electron chi connectivity index (χ4n) is 4.50. The van der Waals surface area contributed by atoms with Crippen molar-refractivity contribution in [3.8, 4) is 10.4 Å². The van der Waals surface area contributed by atoms with Gasteiger partial charge in [0.25, 0.3) is 0 Å². The highest BCUT2D eigenvalue weighted by Crippen LogP contribution is 2.47. The molecule has 1 aromatic carbocycles. The SMILES string of the molecule is Cl.N[C@@H](Cc1cccnc1)C(=O)Nc1cccc(-c2ccc([C@@]3(CC(=O)NO)CCCCS3(=O)=O)s2)c1. The number of sulfone groups is 1. The van der Waals surface area contributed by atoms with Crippen LogP contribution in [-0.4, -0.2) is 42.2 Å². The molecular formula is C25H29ClN4O5S2. The van der Waals surface area contributed by atoms with E-state index in [0.717, 1.165) is 16.0 Å². The Hall–Kier alpha value is -2.83. The molecule has 1 saturated heterocycles. The molecular weight excluding hydrogens is 536 g/mol. The number of carbonyl (C=O) groups excluding carboxylic acids is 2. The first-order chi connectivity index (χ1) is 17.2. The van der Waals surface area contributed by atoms with E-state index in [1.807, 2.05) is 18.2 Å². The minimum absolute atomic E-state index is 0. The van der Waals surface area contributed by atoms with Gasteiger partial charge in [-0.05, 0) is 60.7 Å². The maximum Gasteiger partial charge on any atom is 0.245 e. The summed E-state index contributed by atoms with van der Waals surface area (Å²) in [5.74, 6) is -1.06. The maximum absolute atomic E-state index is 13.2. The van der Waals surface area contributed by atoms with Crippen LogP contribution < -0.4 is 16.5 Å². The Balaban J connectivity index is 0.00000380. The van der Waals surface area contributed by atoms with Gasteiger partial charge in [0.2, 0.25) is 11.8 Å². The Morgan fingerprint density at radius 2 is 1.97 bits per heavy atom. The topological polar surface area (TPSA) is 151 Å². The number of thiophene rings is 1. The second kappa shape index (κ2) is 12.1. The molecule has 3 heterocycles. The summed E-state index contributed by atoms with van der Waals surface area (Å²) in [7, 11) is -3.61. The minimum atomic E-state index is -3.61. The van der Waals surface area contributed by atoms with Crippen molar-refractivity contribution in [2.45, 2.75) is 42.9 Å². The van der Waals surface area contributed by atoms with Gasteiger partial charge in [0.1, 0.15) is 4.75 Å². The van der Waals surface area contributed by atoms with Crippen LogP contribution in [-0.2, 0) is 30.6 Å². The molecule has 1 aliphatic heterocycles. The number of pyridine rings is 1. The molecule has 2 amide bonds. The first-order valence-corrected chi connectivity index (χ1v) is 14.0. The summed E-state index contributed by atoms with van der Waals surface area (Å²) < 4.78 is 24.9. The predicted octanol–water partition coefficient (Wildman–Crippen LogP) is 3.43. The number of benzene rings is 1. The summed E-state index contributed by atoms with van der Waals surface area (Å²) in [5.41, 5.74) is 9.88. The number of carbonyl (C=O) groups is 2. The Bertz CT molecular complexity index is 1350. The molecule has 1 fully saturated rings. The molecule has 0 bridgehead atoms. The summed E-state index contributed by atoms with van der Waals surface area (Å²) >= 11 is 1.30. The zero-order valence-electron chi connectivity index (χ0n) is 19.9. The van der Waals surface area contributed by atoms with Gasteiger partial charge in [0, 0.05) is 27.8 Å². The lowest BCUT2D eigenvalue weighted by molar-refractivity contribution is -0.130.